The molecule has 0 spiro atoms. The van der Waals surface area contributed by atoms with Gasteiger partial charge in [-0.2, -0.15) is 0 Å². The number of rotatable bonds is 6. The zero-order valence-corrected chi connectivity index (χ0v) is 9.05. The van der Waals surface area contributed by atoms with E-state index < -0.39 is 5.97 Å². The van der Waals surface area contributed by atoms with Gasteiger partial charge >= 0.3 is 5.97 Å². The van der Waals surface area contributed by atoms with Gasteiger partial charge in [-0.1, -0.05) is 5.21 Å². The Labute approximate surface area is 88.5 Å². The minimum absolute atomic E-state index is 0.213. The first-order valence-corrected chi connectivity index (χ1v) is 4.83. The van der Waals surface area contributed by atoms with Gasteiger partial charge in [-0.25, -0.2) is 0 Å². The van der Waals surface area contributed by atoms with Crippen LogP contribution in [0.1, 0.15) is 18.5 Å². The summed E-state index contributed by atoms with van der Waals surface area (Å²) in [5.74, 6) is -0.747. The van der Waals surface area contributed by atoms with Crippen LogP contribution in [0.5, 0.6) is 0 Å². The van der Waals surface area contributed by atoms with Gasteiger partial charge < -0.3 is 10.0 Å². The summed E-state index contributed by atoms with van der Waals surface area (Å²) in [5, 5.41) is 16.3. The topological polar surface area (TPSA) is 71.2 Å². The molecule has 0 atom stereocenters. The monoisotopic (exact) mass is 212 g/mol. The van der Waals surface area contributed by atoms with Crippen molar-refractivity contribution in [2.75, 3.05) is 13.6 Å². The normalized spacial score (nSPS) is 10.9. The summed E-state index contributed by atoms with van der Waals surface area (Å²) in [6, 6.07) is 0. The van der Waals surface area contributed by atoms with Gasteiger partial charge in [0, 0.05) is 26.2 Å². The van der Waals surface area contributed by atoms with E-state index in [-0.39, 0.29) is 6.42 Å². The lowest BCUT2D eigenvalue weighted by Gasteiger charge is -2.13. The maximum Gasteiger partial charge on any atom is 0.303 e. The third kappa shape index (κ3) is 4.55. The van der Waals surface area contributed by atoms with E-state index in [9.17, 15) is 4.79 Å². The van der Waals surface area contributed by atoms with E-state index in [4.69, 9.17) is 5.11 Å². The molecular weight excluding hydrogens is 196 g/mol. The van der Waals surface area contributed by atoms with E-state index in [1.54, 1.807) is 4.68 Å². The van der Waals surface area contributed by atoms with Crippen LogP contribution in [0, 0.1) is 0 Å². The highest BCUT2D eigenvalue weighted by Crippen LogP contribution is 1.99. The SMILES string of the molecule is CN(CCCC(=O)O)Cc1cn(C)nn1. The number of hydrogen-bond donors (Lipinski definition) is 1. The maximum atomic E-state index is 10.3. The zero-order valence-electron chi connectivity index (χ0n) is 9.05. The van der Waals surface area contributed by atoms with Gasteiger partial charge in [0.15, 0.2) is 0 Å². The first-order chi connectivity index (χ1) is 7.08. The number of carboxylic acids is 1. The Morgan fingerprint density at radius 2 is 2.40 bits per heavy atom. The van der Waals surface area contributed by atoms with E-state index in [2.05, 4.69) is 10.3 Å². The molecule has 0 radical (unpaired) electrons. The lowest BCUT2D eigenvalue weighted by Crippen LogP contribution is -2.20. The summed E-state index contributed by atoms with van der Waals surface area (Å²) in [4.78, 5) is 12.3. The van der Waals surface area contributed by atoms with Crippen LogP contribution in [0.15, 0.2) is 6.20 Å². The van der Waals surface area contributed by atoms with Crippen molar-refractivity contribution in [1.82, 2.24) is 19.9 Å². The predicted molar refractivity (Wildman–Crippen MR) is 54.2 cm³/mol. The second kappa shape index (κ2) is 5.45. The minimum Gasteiger partial charge on any atom is -0.481 e. The van der Waals surface area contributed by atoms with E-state index in [1.165, 1.54) is 0 Å². The van der Waals surface area contributed by atoms with E-state index >= 15 is 0 Å². The molecule has 0 saturated heterocycles. The Morgan fingerprint density at radius 1 is 1.67 bits per heavy atom. The van der Waals surface area contributed by atoms with Gasteiger partial charge in [-0.05, 0) is 20.0 Å². The van der Waals surface area contributed by atoms with Crippen molar-refractivity contribution in [2.24, 2.45) is 7.05 Å². The standard InChI is InChI=1S/C9H16N4O2/c1-12(5-3-4-9(14)15)6-8-7-13(2)11-10-8/h7H,3-6H2,1-2H3,(H,14,15). The molecule has 0 fully saturated rings. The largest absolute Gasteiger partial charge is 0.481 e. The van der Waals surface area contributed by atoms with Crippen LogP contribution in [-0.4, -0.2) is 44.6 Å². The van der Waals surface area contributed by atoms with Crippen molar-refractivity contribution in [1.29, 1.82) is 0 Å². The van der Waals surface area contributed by atoms with Crippen molar-refractivity contribution >= 4 is 5.97 Å². The molecule has 0 unspecified atom stereocenters. The summed E-state index contributed by atoms with van der Waals surface area (Å²) in [5.41, 5.74) is 0.898. The Kier molecular flexibility index (Phi) is 4.23. The lowest BCUT2D eigenvalue weighted by atomic mass is 10.3. The fraction of sp³-hybridized carbons (Fsp3) is 0.667. The Balaban J connectivity index is 2.24. The van der Waals surface area contributed by atoms with Crippen LogP contribution >= 0.6 is 0 Å². The minimum atomic E-state index is -0.747. The second-order valence-corrected chi connectivity index (χ2v) is 3.62. The van der Waals surface area contributed by atoms with Crippen LogP contribution in [-0.2, 0) is 18.4 Å². The Bertz CT molecular complexity index is 324. The number of nitrogens with zero attached hydrogens (tertiary/aromatic N) is 4. The summed E-state index contributed by atoms with van der Waals surface area (Å²) in [6.07, 6.45) is 2.73. The van der Waals surface area contributed by atoms with Gasteiger partial charge in [0.05, 0.1) is 5.69 Å². The van der Waals surface area contributed by atoms with Crippen LogP contribution in [0.3, 0.4) is 0 Å². The highest BCUT2D eigenvalue weighted by molar-refractivity contribution is 5.66. The van der Waals surface area contributed by atoms with Crippen LogP contribution < -0.4 is 0 Å². The van der Waals surface area contributed by atoms with Crippen LogP contribution in [0.25, 0.3) is 0 Å². The molecule has 1 rings (SSSR count). The molecule has 0 saturated carbocycles. The molecule has 1 N–H and O–H groups in total. The molecule has 84 valence electrons. The summed E-state index contributed by atoms with van der Waals surface area (Å²) >= 11 is 0. The molecule has 0 aliphatic carbocycles. The molecule has 1 aromatic rings. The highest BCUT2D eigenvalue weighted by atomic mass is 16.4. The molecule has 6 heteroatoms. The number of aromatic nitrogens is 3. The van der Waals surface area contributed by atoms with Crippen molar-refractivity contribution in [2.45, 2.75) is 19.4 Å². The summed E-state index contributed by atoms with van der Waals surface area (Å²) in [6.45, 7) is 1.45. The first kappa shape index (κ1) is 11.6. The van der Waals surface area contributed by atoms with Gasteiger partial charge in [-0.3, -0.25) is 9.48 Å². The number of aliphatic carboxylic acids is 1. The highest BCUT2D eigenvalue weighted by Gasteiger charge is 2.04. The predicted octanol–water partition coefficient (Wildman–Crippen LogP) is 0.112. The first-order valence-electron chi connectivity index (χ1n) is 4.83. The fourth-order valence-corrected chi connectivity index (χ4v) is 1.32. The fourth-order valence-electron chi connectivity index (χ4n) is 1.32. The molecule has 0 amide bonds. The molecule has 1 heterocycles. The molecule has 0 bridgehead atoms. The summed E-state index contributed by atoms with van der Waals surface area (Å²) < 4.78 is 1.65. The molecule has 0 aliphatic rings. The van der Waals surface area contributed by atoms with Crippen molar-refractivity contribution in [3.8, 4) is 0 Å². The van der Waals surface area contributed by atoms with Crippen molar-refractivity contribution in [3.05, 3.63) is 11.9 Å². The molecule has 0 aromatic carbocycles. The van der Waals surface area contributed by atoms with Gasteiger partial charge in [0.1, 0.15) is 0 Å². The van der Waals surface area contributed by atoms with Gasteiger partial charge in [0.25, 0.3) is 0 Å². The zero-order chi connectivity index (χ0) is 11.3. The average Bonchev–Trinajstić information content (AvgIpc) is 2.50. The third-order valence-corrected chi connectivity index (χ3v) is 2.01. The van der Waals surface area contributed by atoms with E-state index in [0.717, 1.165) is 12.2 Å². The smallest absolute Gasteiger partial charge is 0.303 e. The maximum absolute atomic E-state index is 10.3. The molecule has 1 aromatic heterocycles. The lowest BCUT2D eigenvalue weighted by molar-refractivity contribution is -0.137. The average molecular weight is 212 g/mol. The van der Waals surface area contributed by atoms with Crippen LogP contribution in [0.2, 0.25) is 0 Å². The Morgan fingerprint density at radius 3 is 2.93 bits per heavy atom. The quantitative estimate of drug-likeness (QED) is 0.724. The van der Waals surface area contributed by atoms with Gasteiger partial charge in [-0.15, -0.1) is 5.10 Å². The van der Waals surface area contributed by atoms with Crippen molar-refractivity contribution in [3.63, 3.8) is 0 Å². The van der Waals surface area contributed by atoms with Crippen molar-refractivity contribution < 1.29 is 9.90 Å². The third-order valence-electron chi connectivity index (χ3n) is 2.01. The molecule has 6 nitrogen and oxygen atoms in total. The number of hydrogen-bond acceptors (Lipinski definition) is 4. The number of aryl methyl sites for hydroxylation is 1. The van der Waals surface area contributed by atoms with Crippen LogP contribution in [0.4, 0.5) is 0 Å². The molecular formula is C9H16N4O2. The molecule has 15 heavy (non-hydrogen) atoms. The summed E-state index contributed by atoms with van der Waals surface area (Å²) in [7, 11) is 3.76. The number of carboxylic acid groups (broad SMARTS) is 1. The van der Waals surface area contributed by atoms with E-state index in [0.29, 0.717) is 13.0 Å². The second-order valence-electron chi connectivity index (χ2n) is 3.62. The Hall–Kier alpha value is -1.43. The van der Waals surface area contributed by atoms with E-state index in [1.807, 2.05) is 25.2 Å². The molecule has 0 aliphatic heterocycles. The number of carbonyl (C=O) groups is 1. The van der Waals surface area contributed by atoms with Gasteiger partial charge in [0.2, 0.25) is 0 Å².